The topological polar surface area (TPSA) is 69.7 Å². The lowest BCUT2D eigenvalue weighted by atomic mass is 9.97. The number of sulfonamides is 1. The molecule has 1 aliphatic heterocycles. The summed E-state index contributed by atoms with van der Waals surface area (Å²) in [5.74, 6) is -1.05. The third kappa shape index (κ3) is 5.90. The van der Waals surface area contributed by atoms with Crippen molar-refractivity contribution in [2.75, 3.05) is 33.7 Å². The number of benzene rings is 2. The van der Waals surface area contributed by atoms with E-state index in [-0.39, 0.29) is 35.9 Å². The van der Waals surface area contributed by atoms with E-state index in [4.69, 9.17) is 0 Å². The molecule has 0 radical (unpaired) electrons. The Hall–Kier alpha value is -2.29. The largest absolute Gasteiger partial charge is 0.354 e. The van der Waals surface area contributed by atoms with Gasteiger partial charge in [0, 0.05) is 31.6 Å². The van der Waals surface area contributed by atoms with Crippen molar-refractivity contribution in [1.82, 2.24) is 14.5 Å². The fourth-order valence-corrected chi connectivity index (χ4v) is 5.37. The van der Waals surface area contributed by atoms with Crippen LogP contribution in [-0.4, -0.2) is 63.3 Å². The molecule has 2 aromatic carbocycles. The molecule has 31 heavy (non-hydrogen) atoms. The fourth-order valence-electron chi connectivity index (χ4n) is 3.84. The zero-order chi connectivity index (χ0) is 22.4. The first kappa shape index (κ1) is 23.4. The van der Waals surface area contributed by atoms with E-state index in [0.29, 0.717) is 19.4 Å². The van der Waals surface area contributed by atoms with Crippen LogP contribution in [0.25, 0.3) is 0 Å². The number of rotatable bonds is 8. The van der Waals surface area contributed by atoms with Crippen molar-refractivity contribution in [2.45, 2.75) is 30.2 Å². The number of piperidine rings is 1. The van der Waals surface area contributed by atoms with Crippen LogP contribution in [0.2, 0.25) is 0 Å². The van der Waals surface area contributed by atoms with Gasteiger partial charge in [0.2, 0.25) is 15.9 Å². The number of hydrogen-bond donors (Lipinski definition) is 1. The molecule has 1 atom stereocenters. The summed E-state index contributed by atoms with van der Waals surface area (Å²) in [4.78, 5) is 14.5. The van der Waals surface area contributed by atoms with Gasteiger partial charge in [0.1, 0.15) is 10.7 Å². The quantitative estimate of drug-likeness (QED) is 0.675. The summed E-state index contributed by atoms with van der Waals surface area (Å²) in [6, 6.07) is 15.7. The van der Waals surface area contributed by atoms with Gasteiger partial charge in [-0.25, -0.2) is 12.8 Å². The standard InChI is InChI=1S/C23H30FN3O3S/c1-26(2)20(16-18-8-4-3-5-9-18)17-25-23(28)19-12-14-27(15-13-19)31(29,30)22-11-7-6-10-21(22)24/h3-11,19-20H,12-17H2,1-2H3,(H,25,28). The Morgan fingerprint density at radius 1 is 1.10 bits per heavy atom. The highest BCUT2D eigenvalue weighted by Crippen LogP contribution is 2.25. The second kappa shape index (κ2) is 10.3. The van der Waals surface area contributed by atoms with Gasteiger partial charge in [-0.3, -0.25) is 4.79 Å². The van der Waals surface area contributed by atoms with Gasteiger partial charge in [-0.1, -0.05) is 42.5 Å². The first-order valence-corrected chi connectivity index (χ1v) is 12.0. The summed E-state index contributed by atoms with van der Waals surface area (Å²) >= 11 is 0. The van der Waals surface area contributed by atoms with Gasteiger partial charge < -0.3 is 10.2 Å². The summed E-state index contributed by atoms with van der Waals surface area (Å²) in [7, 11) is 0.0903. The lowest BCUT2D eigenvalue weighted by Crippen LogP contribution is -2.46. The van der Waals surface area contributed by atoms with Gasteiger partial charge in [-0.05, 0) is 51.1 Å². The molecule has 168 valence electrons. The molecule has 0 spiro atoms. The number of hydrogen-bond acceptors (Lipinski definition) is 4. The van der Waals surface area contributed by atoms with Crippen molar-refractivity contribution in [3.63, 3.8) is 0 Å². The van der Waals surface area contributed by atoms with Crippen LogP contribution in [-0.2, 0) is 21.2 Å². The van der Waals surface area contributed by atoms with Crippen LogP contribution in [0.5, 0.6) is 0 Å². The van der Waals surface area contributed by atoms with E-state index in [1.807, 2.05) is 32.3 Å². The summed E-state index contributed by atoms with van der Waals surface area (Å²) in [5, 5.41) is 3.04. The maximum atomic E-state index is 14.0. The highest BCUT2D eigenvalue weighted by molar-refractivity contribution is 7.89. The second-order valence-electron chi connectivity index (χ2n) is 8.16. The molecule has 0 aliphatic carbocycles. The molecule has 1 fully saturated rings. The molecule has 1 saturated heterocycles. The van der Waals surface area contributed by atoms with Crippen molar-refractivity contribution in [1.29, 1.82) is 0 Å². The van der Waals surface area contributed by atoms with Crippen LogP contribution >= 0.6 is 0 Å². The first-order chi connectivity index (χ1) is 14.8. The minimum Gasteiger partial charge on any atom is -0.354 e. The number of amides is 1. The predicted octanol–water partition coefficient (Wildman–Crippen LogP) is 2.52. The zero-order valence-electron chi connectivity index (χ0n) is 18.0. The molecule has 1 N–H and O–H groups in total. The van der Waals surface area contributed by atoms with Crippen molar-refractivity contribution >= 4 is 15.9 Å². The fraction of sp³-hybridized carbons (Fsp3) is 0.435. The highest BCUT2D eigenvalue weighted by atomic mass is 32.2. The molecule has 1 amide bonds. The van der Waals surface area contributed by atoms with Crippen LogP contribution in [0.4, 0.5) is 4.39 Å². The minimum atomic E-state index is -3.89. The molecule has 0 bridgehead atoms. The molecule has 1 aliphatic rings. The van der Waals surface area contributed by atoms with Gasteiger partial charge in [0.15, 0.2) is 0 Å². The summed E-state index contributed by atoms with van der Waals surface area (Å²) < 4.78 is 40.7. The Balaban J connectivity index is 1.53. The third-order valence-corrected chi connectivity index (χ3v) is 7.77. The van der Waals surface area contributed by atoms with Crippen LogP contribution in [0.3, 0.4) is 0 Å². The van der Waals surface area contributed by atoms with Gasteiger partial charge in [-0.15, -0.1) is 0 Å². The van der Waals surface area contributed by atoms with E-state index >= 15 is 0 Å². The number of carbonyl (C=O) groups is 1. The number of nitrogens with one attached hydrogen (secondary N) is 1. The van der Waals surface area contributed by atoms with E-state index < -0.39 is 15.8 Å². The second-order valence-corrected chi connectivity index (χ2v) is 10.1. The van der Waals surface area contributed by atoms with Crippen molar-refractivity contribution in [2.24, 2.45) is 5.92 Å². The number of nitrogens with zero attached hydrogens (tertiary/aromatic N) is 2. The Morgan fingerprint density at radius 2 is 1.71 bits per heavy atom. The molecule has 1 heterocycles. The van der Waals surface area contributed by atoms with Gasteiger partial charge >= 0.3 is 0 Å². The van der Waals surface area contributed by atoms with E-state index in [2.05, 4.69) is 22.3 Å². The van der Waals surface area contributed by atoms with Gasteiger partial charge in [0.25, 0.3) is 0 Å². The molecular formula is C23H30FN3O3S. The van der Waals surface area contributed by atoms with E-state index in [1.165, 1.54) is 28.1 Å². The number of carbonyl (C=O) groups excluding carboxylic acids is 1. The average Bonchev–Trinajstić information content (AvgIpc) is 2.77. The van der Waals surface area contributed by atoms with E-state index in [1.54, 1.807) is 0 Å². The maximum absolute atomic E-state index is 14.0. The monoisotopic (exact) mass is 447 g/mol. The average molecular weight is 448 g/mol. The molecular weight excluding hydrogens is 417 g/mol. The summed E-state index contributed by atoms with van der Waals surface area (Å²) in [5.41, 5.74) is 1.21. The normalized spacial score (nSPS) is 16.9. The molecule has 1 unspecified atom stereocenters. The van der Waals surface area contributed by atoms with Crippen molar-refractivity contribution < 1.29 is 17.6 Å². The third-order valence-electron chi connectivity index (χ3n) is 5.84. The number of likely N-dealkylation sites (N-methyl/N-ethyl adjacent to an activating group) is 1. The number of halogens is 1. The minimum absolute atomic E-state index is 0.0529. The molecule has 0 aromatic heterocycles. The Morgan fingerprint density at radius 3 is 2.32 bits per heavy atom. The maximum Gasteiger partial charge on any atom is 0.245 e. The zero-order valence-corrected chi connectivity index (χ0v) is 18.8. The van der Waals surface area contributed by atoms with Crippen LogP contribution in [0.1, 0.15) is 18.4 Å². The van der Waals surface area contributed by atoms with Crippen LogP contribution in [0, 0.1) is 11.7 Å². The van der Waals surface area contributed by atoms with Gasteiger partial charge in [0.05, 0.1) is 0 Å². The summed E-state index contributed by atoms with van der Waals surface area (Å²) in [6.07, 6.45) is 1.67. The van der Waals surface area contributed by atoms with Crippen molar-refractivity contribution in [3.05, 3.63) is 66.0 Å². The Labute approximate surface area is 184 Å². The highest BCUT2D eigenvalue weighted by Gasteiger charge is 2.33. The predicted molar refractivity (Wildman–Crippen MR) is 119 cm³/mol. The first-order valence-electron chi connectivity index (χ1n) is 10.5. The van der Waals surface area contributed by atoms with Crippen molar-refractivity contribution in [3.8, 4) is 0 Å². The van der Waals surface area contributed by atoms with Gasteiger partial charge in [-0.2, -0.15) is 4.31 Å². The smallest absolute Gasteiger partial charge is 0.245 e. The SMILES string of the molecule is CN(C)C(CNC(=O)C1CCN(S(=O)(=O)c2ccccc2F)CC1)Cc1ccccc1. The molecule has 6 nitrogen and oxygen atoms in total. The van der Waals surface area contributed by atoms with Crippen LogP contribution in [0.15, 0.2) is 59.5 Å². The van der Waals surface area contributed by atoms with E-state index in [9.17, 15) is 17.6 Å². The summed E-state index contributed by atoms with van der Waals surface area (Å²) in [6.45, 7) is 0.931. The molecule has 2 aromatic rings. The Kier molecular flexibility index (Phi) is 7.80. The molecule has 8 heteroatoms. The van der Waals surface area contributed by atoms with Crippen LogP contribution < -0.4 is 5.32 Å². The Bertz CT molecular complexity index is 975. The lowest BCUT2D eigenvalue weighted by molar-refractivity contribution is -0.126. The molecule has 3 rings (SSSR count). The lowest BCUT2D eigenvalue weighted by Gasteiger charge is -2.31. The molecule has 0 saturated carbocycles. The van der Waals surface area contributed by atoms with E-state index in [0.717, 1.165) is 12.5 Å².